The fourth-order valence-electron chi connectivity index (χ4n) is 1.29. The molecule has 0 aliphatic heterocycles. The van der Waals surface area contributed by atoms with Gasteiger partial charge in [0.25, 0.3) is 0 Å². The van der Waals surface area contributed by atoms with E-state index in [0.717, 1.165) is 18.1 Å². The second kappa shape index (κ2) is 4.56. The van der Waals surface area contributed by atoms with E-state index >= 15 is 0 Å². The van der Waals surface area contributed by atoms with Gasteiger partial charge in [0.2, 0.25) is 0 Å². The Hall–Kier alpha value is -1.64. The number of hydrogen-bond donors (Lipinski definition) is 0. The Balaban J connectivity index is 3.27. The Kier molecular flexibility index (Phi) is 3.40. The summed E-state index contributed by atoms with van der Waals surface area (Å²) in [6.45, 7) is 4.08. The monoisotopic (exact) mass is 192 g/mol. The number of carbonyl (C=O) groups excluding carboxylic acids is 2. The maximum absolute atomic E-state index is 10.8. The number of aldehydes is 2. The van der Waals surface area contributed by atoms with E-state index in [9.17, 15) is 9.59 Å². The molecule has 0 unspecified atom stereocenters. The minimum Gasteiger partial charge on any atom is -0.493 e. The fourth-order valence-corrected chi connectivity index (χ4v) is 1.29. The van der Waals surface area contributed by atoms with Crippen LogP contribution in [-0.4, -0.2) is 19.2 Å². The third-order valence-electron chi connectivity index (χ3n) is 1.93. The lowest BCUT2D eigenvalue weighted by atomic mass is 10.1. The van der Waals surface area contributed by atoms with Crippen LogP contribution in [-0.2, 0) is 0 Å². The average molecular weight is 192 g/mol. The van der Waals surface area contributed by atoms with E-state index in [1.807, 2.05) is 6.92 Å². The molecule has 0 amide bonds. The number of benzene rings is 1. The molecule has 1 rings (SSSR count). The van der Waals surface area contributed by atoms with Gasteiger partial charge in [0.1, 0.15) is 12.0 Å². The lowest BCUT2D eigenvalue weighted by Crippen LogP contribution is -1.99. The van der Waals surface area contributed by atoms with E-state index in [4.69, 9.17) is 4.74 Å². The molecule has 0 N–H and O–H groups in total. The molecule has 3 nitrogen and oxygen atoms in total. The summed E-state index contributed by atoms with van der Waals surface area (Å²) in [6.07, 6.45) is 1.49. The first-order valence-electron chi connectivity index (χ1n) is 4.40. The molecule has 0 saturated heterocycles. The number of carbonyl (C=O) groups is 2. The van der Waals surface area contributed by atoms with Crippen LogP contribution in [0.4, 0.5) is 0 Å². The summed E-state index contributed by atoms with van der Waals surface area (Å²) in [4.78, 5) is 21.3. The van der Waals surface area contributed by atoms with Crippen LogP contribution in [0.25, 0.3) is 0 Å². The van der Waals surface area contributed by atoms with Gasteiger partial charge in [0.15, 0.2) is 6.29 Å². The van der Waals surface area contributed by atoms with Crippen molar-refractivity contribution < 1.29 is 14.3 Å². The summed E-state index contributed by atoms with van der Waals surface area (Å²) in [7, 11) is 0. The van der Waals surface area contributed by atoms with Gasteiger partial charge in [-0.05, 0) is 31.5 Å². The zero-order valence-electron chi connectivity index (χ0n) is 8.24. The second-order valence-corrected chi connectivity index (χ2v) is 2.92. The lowest BCUT2D eigenvalue weighted by molar-refractivity contribution is 0.110. The summed E-state index contributed by atoms with van der Waals surface area (Å²) in [6, 6.07) is 3.24. The van der Waals surface area contributed by atoms with E-state index < -0.39 is 0 Å². The second-order valence-electron chi connectivity index (χ2n) is 2.92. The summed E-state index contributed by atoms with van der Waals surface area (Å²) in [5.74, 6) is 0.476. The molecule has 1 aromatic carbocycles. The highest BCUT2D eigenvalue weighted by molar-refractivity contribution is 5.85. The van der Waals surface area contributed by atoms with Crippen LogP contribution in [0.1, 0.15) is 33.2 Å². The Morgan fingerprint density at radius 2 is 2.00 bits per heavy atom. The highest BCUT2D eigenvalue weighted by Gasteiger charge is 2.07. The van der Waals surface area contributed by atoms with Crippen LogP contribution in [0.15, 0.2) is 12.1 Å². The molecule has 0 bridgehead atoms. The first-order chi connectivity index (χ1) is 6.72. The smallest absolute Gasteiger partial charge is 0.154 e. The van der Waals surface area contributed by atoms with Gasteiger partial charge in [0, 0.05) is 5.56 Å². The molecular formula is C11H12O3. The topological polar surface area (TPSA) is 43.4 Å². The summed E-state index contributed by atoms with van der Waals surface area (Å²) in [5, 5.41) is 0. The van der Waals surface area contributed by atoms with Crippen molar-refractivity contribution in [1.82, 2.24) is 0 Å². The molecule has 0 radical (unpaired) electrons. The maximum Gasteiger partial charge on any atom is 0.154 e. The van der Waals surface area contributed by atoms with Crippen molar-refractivity contribution >= 4 is 12.6 Å². The predicted molar refractivity (Wildman–Crippen MR) is 53.1 cm³/mol. The first-order valence-corrected chi connectivity index (χ1v) is 4.40. The van der Waals surface area contributed by atoms with Crippen LogP contribution >= 0.6 is 0 Å². The van der Waals surface area contributed by atoms with Crippen LogP contribution in [0.3, 0.4) is 0 Å². The van der Waals surface area contributed by atoms with Crippen molar-refractivity contribution in [3.8, 4) is 5.75 Å². The molecule has 0 fully saturated rings. The maximum atomic E-state index is 10.8. The predicted octanol–water partition coefficient (Wildman–Crippen LogP) is 2.02. The van der Waals surface area contributed by atoms with Gasteiger partial charge in [-0.25, -0.2) is 0 Å². The minimum absolute atomic E-state index is 0.475. The van der Waals surface area contributed by atoms with Gasteiger partial charge in [-0.15, -0.1) is 0 Å². The normalized spacial score (nSPS) is 9.57. The van der Waals surface area contributed by atoms with Gasteiger partial charge in [0.05, 0.1) is 12.2 Å². The summed E-state index contributed by atoms with van der Waals surface area (Å²) < 4.78 is 5.26. The molecule has 14 heavy (non-hydrogen) atoms. The standard InChI is InChI=1S/C11H12O3/c1-3-14-11-5-9(6-12)4-8(2)10(11)7-13/h4-7H,3H2,1-2H3. The molecule has 0 aliphatic rings. The van der Waals surface area contributed by atoms with Gasteiger partial charge in [-0.1, -0.05) is 0 Å². The zero-order chi connectivity index (χ0) is 10.6. The van der Waals surface area contributed by atoms with Gasteiger partial charge >= 0.3 is 0 Å². The van der Waals surface area contributed by atoms with Crippen molar-refractivity contribution in [2.75, 3.05) is 6.61 Å². The SMILES string of the molecule is CCOc1cc(C=O)cc(C)c1C=O. The van der Waals surface area contributed by atoms with E-state index in [2.05, 4.69) is 0 Å². The van der Waals surface area contributed by atoms with Crippen molar-refractivity contribution in [1.29, 1.82) is 0 Å². The molecule has 0 atom stereocenters. The quantitative estimate of drug-likeness (QED) is 0.685. The number of ether oxygens (including phenoxy) is 1. The Morgan fingerprint density at radius 3 is 2.50 bits per heavy atom. The number of hydrogen-bond acceptors (Lipinski definition) is 3. The molecule has 74 valence electrons. The van der Waals surface area contributed by atoms with Crippen molar-refractivity contribution in [3.63, 3.8) is 0 Å². The van der Waals surface area contributed by atoms with Crippen LogP contribution in [0.2, 0.25) is 0 Å². The number of rotatable bonds is 4. The highest BCUT2D eigenvalue weighted by Crippen LogP contribution is 2.22. The van der Waals surface area contributed by atoms with Crippen molar-refractivity contribution in [2.45, 2.75) is 13.8 Å². The van der Waals surface area contributed by atoms with Crippen molar-refractivity contribution in [2.24, 2.45) is 0 Å². The third kappa shape index (κ3) is 1.99. The molecule has 3 heteroatoms. The number of aryl methyl sites for hydroxylation is 1. The largest absolute Gasteiger partial charge is 0.493 e. The van der Waals surface area contributed by atoms with Crippen molar-refractivity contribution in [3.05, 3.63) is 28.8 Å². The molecule has 0 aromatic heterocycles. The zero-order valence-corrected chi connectivity index (χ0v) is 8.24. The first kappa shape index (κ1) is 10.4. The summed E-state index contributed by atoms with van der Waals surface area (Å²) >= 11 is 0. The third-order valence-corrected chi connectivity index (χ3v) is 1.93. The van der Waals surface area contributed by atoms with E-state index in [-0.39, 0.29) is 0 Å². The van der Waals surface area contributed by atoms with Crippen LogP contribution in [0.5, 0.6) is 5.75 Å². The highest BCUT2D eigenvalue weighted by atomic mass is 16.5. The molecule has 1 aromatic rings. The van der Waals surface area contributed by atoms with Gasteiger partial charge in [-0.2, -0.15) is 0 Å². The van der Waals surface area contributed by atoms with E-state index in [0.29, 0.717) is 23.5 Å². The average Bonchev–Trinajstić information content (AvgIpc) is 2.18. The lowest BCUT2D eigenvalue weighted by Gasteiger charge is -2.08. The Labute approximate surface area is 82.7 Å². The van der Waals surface area contributed by atoms with E-state index in [1.54, 1.807) is 19.1 Å². The summed E-state index contributed by atoms with van der Waals surface area (Å²) in [5.41, 5.74) is 1.79. The molecular weight excluding hydrogens is 180 g/mol. The molecule has 0 spiro atoms. The van der Waals surface area contributed by atoms with Crippen LogP contribution in [0, 0.1) is 6.92 Å². The minimum atomic E-state index is 0.475. The molecule has 0 saturated carbocycles. The van der Waals surface area contributed by atoms with Crippen LogP contribution < -0.4 is 4.74 Å². The Bertz CT molecular complexity index is 356. The fraction of sp³-hybridized carbons (Fsp3) is 0.273. The Morgan fingerprint density at radius 1 is 1.29 bits per heavy atom. The van der Waals surface area contributed by atoms with Gasteiger partial charge in [-0.3, -0.25) is 9.59 Å². The van der Waals surface area contributed by atoms with E-state index in [1.165, 1.54) is 0 Å². The van der Waals surface area contributed by atoms with Gasteiger partial charge < -0.3 is 4.74 Å². The molecule has 0 aliphatic carbocycles. The molecule has 0 heterocycles.